The monoisotopic (exact) mass is 454 g/mol. The summed E-state index contributed by atoms with van der Waals surface area (Å²) >= 11 is 0. The molecule has 1 aromatic carbocycles. The van der Waals surface area contributed by atoms with Crippen LogP contribution in [0.25, 0.3) is 0 Å². The van der Waals surface area contributed by atoms with Gasteiger partial charge in [-0.2, -0.15) is 0 Å². The Morgan fingerprint density at radius 3 is 2.67 bits per heavy atom. The van der Waals surface area contributed by atoms with Gasteiger partial charge in [0.25, 0.3) is 0 Å². The number of ether oxygens (including phenoxy) is 1. The fraction of sp³-hybridized carbons (Fsp3) is 0.679. The van der Waals surface area contributed by atoms with Crippen molar-refractivity contribution in [2.45, 2.75) is 103 Å². The van der Waals surface area contributed by atoms with Gasteiger partial charge < -0.3 is 20.5 Å². The summed E-state index contributed by atoms with van der Waals surface area (Å²) in [6.45, 7) is 12.7. The van der Waals surface area contributed by atoms with Gasteiger partial charge in [0.1, 0.15) is 17.1 Å². The summed E-state index contributed by atoms with van der Waals surface area (Å²) in [5.41, 5.74) is 2.47. The number of fused-ring (bicyclic) bond motifs is 3. The Morgan fingerprint density at radius 2 is 2.00 bits per heavy atom. The number of hydrogen-bond donors (Lipinski definition) is 3. The number of aromatic hydroxyl groups is 1. The van der Waals surface area contributed by atoms with Gasteiger partial charge in [-0.3, -0.25) is 4.79 Å². The summed E-state index contributed by atoms with van der Waals surface area (Å²) in [6, 6.07) is 4.34. The van der Waals surface area contributed by atoms with Gasteiger partial charge in [0.2, 0.25) is 5.91 Å². The zero-order chi connectivity index (χ0) is 23.8. The van der Waals surface area contributed by atoms with Crippen LogP contribution in [0.4, 0.5) is 0 Å². The summed E-state index contributed by atoms with van der Waals surface area (Å²) in [5.74, 6) is 1.46. The molecule has 0 bridgehead atoms. The number of carbonyl (C=O) groups excluding carboxylic acids is 1. The Labute approximate surface area is 199 Å². The van der Waals surface area contributed by atoms with Gasteiger partial charge in [0, 0.05) is 36.1 Å². The summed E-state index contributed by atoms with van der Waals surface area (Å²) < 4.78 is 6.54. The quantitative estimate of drug-likeness (QED) is 0.465. The fourth-order valence-electron chi connectivity index (χ4n) is 5.78. The summed E-state index contributed by atoms with van der Waals surface area (Å²) in [6.07, 6.45) is 9.54. The number of phenolic OH excluding ortho intramolecular Hbond substituents is 1. The van der Waals surface area contributed by atoms with E-state index in [4.69, 9.17) is 4.74 Å². The first kappa shape index (κ1) is 24.1. The van der Waals surface area contributed by atoms with Crippen LogP contribution >= 0.6 is 0 Å². The minimum atomic E-state index is -0.357. The summed E-state index contributed by atoms with van der Waals surface area (Å²) in [7, 11) is 0. The molecule has 0 radical (unpaired) electrons. The molecule has 2 heterocycles. The van der Waals surface area contributed by atoms with Crippen LogP contribution in [0.2, 0.25) is 0 Å². The standard InChI is InChI=1S/C28H42N2O3/c1-6-7-8-9-12-27(2,3)19-14-23(31)25-21-13-18(26(32)30-20-16-29-17-20)10-11-22(21)28(4,5)33-24(25)15-19/h10,14-15,20-22,29,31H,6-9,11-13,16-17H2,1-5H3,(H,30,32)/t21-,22-/m1/s1. The first-order valence-corrected chi connectivity index (χ1v) is 12.9. The Balaban J connectivity index is 1.59. The number of phenols is 1. The molecular formula is C28H42N2O3. The smallest absolute Gasteiger partial charge is 0.247 e. The van der Waals surface area contributed by atoms with E-state index in [0.717, 1.165) is 48.4 Å². The Kier molecular flexibility index (Phi) is 6.82. The van der Waals surface area contributed by atoms with E-state index in [2.05, 4.69) is 57.4 Å². The van der Waals surface area contributed by atoms with E-state index < -0.39 is 0 Å². The van der Waals surface area contributed by atoms with Gasteiger partial charge in [-0.25, -0.2) is 0 Å². The number of unbranched alkanes of at least 4 members (excludes halogenated alkanes) is 3. The average Bonchev–Trinajstić information content (AvgIpc) is 2.72. The molecule has 0 aromatic heterocycles. The van der Waals surface area contributed by atoms with E-state index in [1.807, 2.05) is 6.07 Å². The molecule has 1 amide bonds. The third-order valence-electron chi connectivity index (χ3n) is 8.15. The first-order valence-electron chi connectivity index (χ1n) is 12.9. The lowest BCUT2D eigenvalue weighted by Gasteiger charge is -2.47. The van der Waals surface area contributed by atoms with Crippen molar-refractivity contribution in [3.63, 3.8) is 0 Å². The van der Waals surface area contributed by atoms with E-state index >= 15 is 0 Å². The maximum absolute atomic E-state index is 12.9. The molecule has 0 unspecified atom stereocenters. The number of hydrogen-bond acceptors (Lipinski definition) is 4. The van der Waals surface area contributed by atoms with Crippen LogP contribution in [0.15, 0.2) is 23.8 Å². The molecule has 1 fully saturated rings. The molecule has 1 aromatic rings. The van der Waals surface area contributed by atoms with Crippen LogP contribution in [0.3, 0.4) is 0 Å². The second kappa shape index (κ2) is 9.32. The first-order chi connectivity index (χ1) is 15.6. The van der Waals surface area contributed by atoms with Crippen molar-refractivity contribution in [2.24, 2.45) is 5.92 Å². The fourth-order valence-corrected chi connectivity index (χ4v) is 5.78. The van der Waals surface area contributed by atoms with Crippen LogP contribution in [-0.4, -0.2) is 35.7 Å². The Bertz CT molecular complexity index is 914. The third-order valence-corrected chi connectivity index (χ3v) is 8.15. The van der Waals surface area contributed by atoms with Crippen LogP contribution in [0, 0.1) is 5.92 Å². The van der Waals surface area contributed by atoms with Crippen LogP contribution in [-0.2, 0) is 10.2 Å². The maximum atomic E-state index is 12.9. The largest absolute Gasteiger partial charge is 0.508 e. The van der Waals surface area contributed by atoms with Crippen molar-refractivity contribution in [3.8, 4) is 11.5 Å². The maximum Gasteiger partial charge on any atom is 0.247 e. The molecule has 3 N–H and O–H groups in total. The second-order valence-corrected chi connectivity index (χ2v) is 11.5. The molecule has 33 heavy (non-hydrogen) atoms. The number of allylic oxidation sites excluding steroid dienone is 1. The highest BCUT2D eigenvalue weighted by Crippen LogP contribution is 2.55. The predicted molar refractivity (Wildman–Crippen MR) is 133 cm³/mol. The van der Waals surface area contributed by atoms with Crippen molar-refractivity contribution in [3.05, 3.63) is 34.9 Å². The van der Waals surface area contributed by atoms with Crippen LogP contribution in [0.1, 0.15) is 96.6 Å². The number of amides is 1. The molecule has 4 rings (SSSR count). The van der Waals surface area contributed by atoms with Crippen LogP contribution < -0.4 is 15.4 Å². The van der Waals surface area contributed by atoms with Crippen molar-refractivity contribution in [1.82, 2.24) is 10.6 Å². The minimum absolute atomic E-state index is 0.0288. The normalized spacial score (nSPS) is 24.1. The second-order valence-electron chi connectivity index (χ2n) is 11.5. The molecular weight excluding hydrogens is 412 g/mol. The van der Waals surface area contributed by atoms with E-state index in [1.54, 1.807) is 0 Å². The lowest BCUT2D eigenvalue weighted by atomic mass is 9.66. The average molecular weight is 455 g/mol. The van der Waals surface area contributed by atoms with Gasteiger partial charge in [-0.05, 0) is 56.2 Å². The third kappa shape index (κ3) is 4.94. The molecule has 1 aliphatic carbocycles. The Hall–Kier alpha value is -2.01. The minimum Gasteiger partial charge on any atom is -0.508 e. The molecule has 5 nitrogen and oxygen atoms in total. The molecule has 5 heteroatoms. The Morgan fingerprint density at radius 1 is 1.24 bits per heavy atom. The van der Waals surface area contributed by atoms with Gasteiger partial charge in [0.15, 0.2) is 0 Å². The van der Waals surface area contributed by atoms with E-state index in [0.29, 0.717) is 12.2 Å². The number of nitrogens with one attached hydrogen (secondary N) is 2. The topological polar surface area (TPSA) is 70.6 Å². The molecule has 0 saturated carbocycles. The van der Waals surface area contributed by atoms with Crippen molar-refractivity contribution in [2.75, 3.05) is 13.1 Å². The molecule has 1 saturated heterocycles. The van der Waals surface area contributed by atoms with Gasteiger partial charge in [-0.1, -0.05) is 52.5 Å². The van der Waals surface area contributed by atoms with E-state index in [9.17, 15) is 9.90 Å². The van der Waals surface area contributed by atoms with Crippen molar-refractivity contribution >= 4 is 5.91 Å². The molecule has 0 spiro atoms. The highest BCUT2D eigenvalue weighted by atomic mass is 16.5. The highest BCUT2D eigenvalue weighted by Gasteiger charge is 2.47. The van der Waals surface area contributed by atoms with E-state index in [1.165, 1.54) is 25.7 Å². The SMILES string of the molecule is CCCCCCC(C)(C)c1cc(O)c2c(c1)OC(C)(C)[C@@H]1CC=C(C(=O)NC3CNC3)C[C@@H]21. The zero-order valence-electron chi connectivity index (χ0n) is 21.1. The highest BCUT2D eigenvalue weighted by molar-refractivity contribution is 5.94. The lowest BCUT2D eigenvalue weighted by molar-refractivity contribution is -0.119. The van der Waals surface area contributed by atoms with Gasteiger partial charge in [-0.15, -0.1) is 0 Å². The van der Waals surface area contributed by atoms with Crippen molar-refractivity contribution in [1.29, 1.82) is 0 Å². The number of carbonyl (C=O) groups is 1. The predicted octanol–water partition coefficient (Wildman–Crippen LogP) is 5.32. The molecule has 3 aliphatic rings. The van der Waals surface area contributed by atoms with Gasteiger partial charge >= 0.3 is 0 Å². The van der Waals surface area contributed by atoms with Gasteiger partial charge in [0.05, 0.1) is 6.04 Å². The zero-order valence-corrected chi connectivity index (χ0v) is 21.1. The lowest BCUT2D eigenvalue weighted by Crippen LogP contribution is -2.57. The van der Waals surface area contributed by atoms with Crippen molar-refractivity contribution < 1.29 is 14.6 Å². The molecule has 2 atom stereocenters. The molecule has 2 aliphatic heterocycles. The van der Waals surface area contributed by atoms with Crippen LogP contribution in [0.5, 0.6) is 11.5 Å². The number of rotatable bonds is 8. The van der Waals surface area contributed by atoms with E-state index in [-0.39, 0.29) is 34.8 Å². The summed E-state index contributed by atoms with van der Waals surface area (Å²) in [5, 5.41) is 17.6. The summed E-state index contributed by atoms with van der Waals surface area (Å²) in [4.78, 5) is 12.9. The molecule has 182 valence electrons. The number of benzene rings is 1.